The van der Waals surface area contributed by atoms with Crippen LogP contribution in [0.3, 0.4) is 0 Å². The molecule has 2 heterocycles. The number of ether oxygens (including phenoxy) is 3. The van der Waals surface area contributed by atoms with Gasteiger partial charge in [-0.2, -0.15) is 13.2 Å². The number of methoxy groups -OCH3 is 1. The van der Waals surface area contributed by atoms with Crippen LogP contribution < -0.4 is 4.74 Å². The number of piperidine rings is 1. The first-order valence-corrected chi connectivity index (χ1v) is 9.97. The quantitative estimate of drug-likeness (QED) is 0.700. The average Bonchev–Trinajstić information content (AvgIpc) is 2.76. The Kier molecular flexibility index (Phi) is 4.95. The molecule has 0 aromatic heterocycles. The Morgan fingerprint density at radius 1 is 1.10 bits per heavy atom. The lowest BCUT2D eigenvalue weighted by molar-refractivity contribution is -0.202. The summed E-state index contributed by atoms with van der Waals surface area (Å²) in [6, 6.07) is 11.2. The van der Waals surface area contributed by atoms with Crippen molar-refractivity contribution < 1.29 is 36.3 Å². The zero-order valence-electron chi connectivity index (χ0n) is 19.7. The van der Waals surface area contributed by atoms with Crippen LogP contribution in [-0.2, 0) is 21.3 Å². The second-order valence-corrected chi connectivity index (χ2v) is 7.80. The molecular formula is C23H24F3NO4. The SMILES string of the molecule is [2H]C([2H])([2H])OC1(c2ccc(C(=O)N3CCC(Oc4ccc(C(F)(F)F)cc4)CC3)cc2)COC1. The third kappa shape index (κ3) is 4.55. The topological polar surface area (TPSA) is 48.0 Å². The summed E-state index contributed by atoms with van der Waals surface area (Å²) in [5.74, 6) is 0.205. The molecule has 0 N–H and O–H groups in total. The van der Waals surface area contributed by atoms with Gasteiger partial charge in [0.05, 0.1) is 22.9 Å². The van der Waals surface area contributed by atoms with Crippen molar-refractivity contribution in [1.82, 2.24) is 4.90 Å². The standard InChI is InChI=1S/C23H24F3NO4/c1-29-22(14-30-15-22)17-4-2-16(3-5-17)21(28)27-12-10-20(11-13-27)31-19-8-6-18(7-9-19)23(24,25)26/h2-9,20H,10-15H2,1H3/i1D3. The van der Waals surface area contributed by atoms with Crippen LogP contribution in [0.1, 0.15) is 38.4 Å². The lowest BCUT2D eigenvalue weighted by Gasteiger charge is -2.40. The van der Waals surface area contributed by atoms with Crippen molar-refractivity contribution in [1.29, 1.82) is 0 Å². The van der Waals surface area contributed by atoms with E-state index in [9.17, 15) is 18.0 Å². The van der Waals surface area contributed by atoms with E-state index < -0.39 is 24.4 Å². The molecule has 0 unspecified atom stereocenters. The van der Waals surface area contributed by atoms with E-state index in [4.69, 9.17) is 18.3 Å². The summed E-state index contributed by atoms with van der Waals surface area (Å²) in [6.07, 6.45) is -3.48. The molecule has 31 heavy (non-hydrogen) atoms. The number of rotatable bonds is 5. The van der Waals surface area contributed by atoms with Crippen LogP contribution in [0.2, 0.25) is 0 Å². The largest absolute Gasteiger partial charge is 0.490 e. The van der Waals surface area contributed by atoms with Crippen LogP contribution >= 0.6 is 0 Å². The third-order valence-corrected chi connectivity index (χ3v) is 5.74. The summed E-state index contributed by atoms with van der Waals surface area (Å²) in [5.41, 5.74) is -0.668. The predicted molar refractivity (Wildman–Crippen MR) is 107 cm³/mol. The second-order valence-electron chi connectivity index (χ2n) is 7.80. The number of nitrogens with zero attached hydrogens (tertiary/aromatic N) is 1. The highest BCUT2D eigenvalue weighted by atomic mass is 19.4. The molecule has 5 nitrogen and oxygen atoms in total. The van der Waals surface area contributed by atoms with Crippen LogP contribution in [0.4, 0.5) is 13.2 Å². The van der Waals surface area contributed by atoms with E-state index in [1.54, 1.807) is 29.2 Å². The van der Waals surface area contributed by atoms with Gasteiger partial charge in [-0.1, -0.05) is 12.1 Å². The fraction of sp³-hybridized carbons (Fsp3) is 0.435. The lowest BCUT2D eigenvalue weighted by Crippen LogP contribution is -2.48. The molecule has 2 fully saturated rings. The molecule has 0 bridgehead atoms. The summed E-state index contributed by atoms with van der Waals surface area (Å²) in [5, 5.41) is 0. The molecule has 8 heteroatoms. The molecule has 2 aromatic carbocycles. The maximum Gasteiger partial charge on any atom is 0.416 e. The summed E-state index contributed by atoms with van der Waals surface area (Å²) in [6.45, 7) is 1.16. The van der Waals surface area contributed by atoms with Crippen LogP contribution in [0.25, 0.3) is 0 Å². The monoisotopic (exact) mass is 438 g/mol. The molecule has 0 atom stereocenters. The molecule has 0 radical (unpaired) electrons. The Hall–Kier alpha value is -2.58. The zero-order chi connectivity index (χ0) is 24.6. The van der Waals surface area contributed by atoms with Crippen molar-refractivity contribution in [2.75, 3.05) is 33.3 Å². The summed E-state index contributed by atoms with van der Waals surface area (Å²) >= 11 is 0. The molecule has 2 saturated heterocycles. The molecule has 2 aliphatic rings. The normalized spacial score (nSPS) is 20.9. The zero-order valence-corrected chi connectivity index (χ0v) is 16.7. The van der Waals surface area contributed by atoms with Gasteiger partial charge < -0.3 is 19.1 Å². The first kappa shape index (κ1) is 18.0. The lowest BCUT2D eigenvalue weighted by atomic mass is 9.91. The van der Waals surface area contributed by atoms with Crippen LogP contribution in [0.5, 0.6) is 5.75 Å². The molecule has 2 aliphatic heterocycles. The Morgan fingerprint density at radius 2 is 1.74 bits per heavy atom. The van der Waals surface area contributed by atoms with Crippen molar-refractivity contribution in [3.8, 4) is 5.75 Å². The highest BCUT2D eigenvalue weighted by Crippen LogP contribution is 2.33. The second kappa shape index (κ2) is 8.51. The van der Waals surface area contributed by atoms with Gasteiger partial charge in [0.1, 0.15) is 17.5 Å². The van der Waals surface area contributed by atoms with E-state index in [-0.39, 0.29) is 25.2 Å². The van der Waals surface area contributed by atoms with E-state index in [2.05, 4.69) is 0 Å². The van der Waals surface area contributed by atoms with E-state index in [1.807, 2.05) is 0 Å². The fourth-order valence-corrected chi connectivity index (χ4v) is 3.76. The average molecular weight is 438 g/mol. The maximum atomic E-state index is 12.9. The smallest absolute Gasteiger partial charge is 0.416 e. The number of halogens is 3. The first-order chi connectivity index (χ1) is 16.0. The molecule has 2 aromatic rings. The van der Waals surface area contributed by atoms with Gasteiger partial charge in [0.25, 0.3) is 5.91 Å². The Balaban J connectivity index is 1.32. The summed E-state index contributed by atoms with van der Waals surface area (Å²) in [7, 11) is -2.56. The molecular weight excluding hydrogens is 411 g/mol. The number of carbonyl (C=O) groups is 1. The van der Waals surface area contributed by atoms with Crippen molar-refractivity contribution in [3.05, 3.63) is 65.2 Å². The van der Waals surface area contributed by atoms with Gasteiger partial charge in [0, 0.05) is 38.5 Å². The van der Waals surface area contributed by atoms with Gasteiger partial charge in [-0.15, -0.1) is 0 Å². The summed E-state index contributed by atoms with van der Waals surface area (Å²) in [4.78, 5) is 14.6. The van der Waals surface area contributed by atoms with Gasteiger partial charge >= 0.3 is 6.18 Å². The number of alkyl halides is 3. The number of likely N-dealkylation sites (tertiary alicyclic amines) is 1. The Bertz CT molecular complexity index is 998. The van der Waals surface area contributed by atoms with Gasteiger partial charge in [0.2, 0.25) is 0 Å². The Labute approximate surface area is 182 Å². The van der Waals surface area contributed by atoms with Gasteiger partial charge in [-0.05, 0) is 42.0 Å². The maximum absolute atomic E-state index is 12.9. The van der Waals surface area contributed by atoms with Crippen LogP contribution in [0, 0.1) is 0 Å². The van der Waals surface area contributed by atoms with Gasteiger partial charge in [-0.3, -0.25) is 4.79 Å². The first-order valence-electron chi connectivity index (χ1n) is 11.5. The van der Waals surface area contributed by atoms with E-state index in [0.29, 0.717) is 42.8 Å². The van der Waals surface area contributed by atoms with E-state index >= 15 is 0 Å². The third-order valence-electron chi connectivity index (χ3n) is 5.74. The number of hydrogen-bond acceptors (Lipinski definition) is 4. The molecule has 0 aliphatic carbocycles. The minimum Gasteiger partial charge on any atom is -0.490 e. The minimum absolute atomic E-state index is 0.130. The van der Waals surface area contributed by atoms with Crippen molar-refractivity contribution >= 4 is 5.91 Å². The minimum atomic E-state index is -4.39. The van der Waals surface area contributed by atoms with Crippen molar-refractivity contribution in [2.45, 2.75) is 30.7 Å². The van der Waals surface area contributed by atoms with E-state index in [1.165, 1.54) is 12.1 Å². The number of hydrogen-bond donors (Lipinski definition) is 0. The number of carbonyl (C=O) groups excluding carboxylic acids is 1. The molecule has 166 valence electrons. The molecule has 0 spiro atoms. The highest BCUT2D eigenvalue weighted by Gasteiger charge is 2.40. The predicted octanol–water partition coefficient (Wildman–Crippen LogP) is 4.26. The molecule has 1 amide bonds. The Morgan fingerprint density at radius 3 is 2.26 bits per heavy atom. The van der Waals surface area contributed by atoms with Crippen molar-refractivity contribution in [2.24, 2.45) is 0 Å². The number of benzene rings is 2. The van der Waals surface area contributed by atoms with Crippen LogP contribution in [-0.4, -0.2) is 50.3 Å². The summed E-state index contributed by atoms with van der Waals surface area (Å²) < 4.78 is 76.4. The van der Waals surface area contributed by atoms with Gasteiger partial charge in [-0.25, -0.2) is 0 Å². The highest BCUT2D eigenvalue weighted by molar-refractivity contribution is 5.94. The van der Waals surface area contributed by atoms with Crippen molar-refractivity contribution in [3.63, 3.8) is 0 Å². The van der Waals surface area contributed by atoms with Crippen LogP contribution in [0.15, 0.2) is 48.5 Å². The number of amides is 1. The van der Waals surface area contributed by atoms with Gasteiger partial charge in [0.15, 0.2) is 0 Å². The fourth-order valence-electron chi connectivity index (χ4n) is 3.76. The van der Waals surface area contributed by atoms with E-state index in [0.717, 1.165) is 12.1 Å². The molecule has 0 saturated carbocycles. The molecule has 4 rings (SSSR count).